The molecule has 0 aliphatic rings. The van der Waals surface area contributed by atoms with Crippen molar-refractivity contribution in [1.29, 1.82) is 0 Å². The van der Waals surface area contributed by atoms with Crippen LogP contribution >= 0.6 is 24.0 Å². The molecule has 23 heavy (non-hydrogen) atoms. The summed E-state index contributed by atoms with van der Waals surface area (Å²) in [7, 11) is 0. The van der Waals surface area contributed by atoms with Crippen LogP contribution < -0.4 is 10.6 Å². The Morgan fingerprint density at radius 2 is 2.09 bits per heavy atom. The van der Waals surface area contributed by atoms with Gasteiger partial charge in [0, 0.05) is 18.1 Å². The summed E-state index contributed by atoms with van der Waals surface area (Å²) in [5, 5.41) is 11.1. The molecule has 1 heterocycles. The normalized spacial score (nSPS) is 10.2. The number of halogens is 2. The lowest BCUT2D eigenvalue weighted by atomic mass is 10.2. The van der Waals surface area contributed by atoms with Crippen LogP contribution in [0.4, 0.5) is 0 Å². The fourth-order valence-corrected chi connectivity index (χ4v) is 2.35. The molecule has 0 radical (unpaired) electrons. The number of nitrogens with zero attached hydrogens (tertiary/aromatic N) is 2. The zero-order valence-corrected chi connectivity index (χ0v) is 14.9. The van der Waals surface area contributed by atoms with Gasteiger partial charge in [0.2, 0.25) is 0 Å². The molecule has 0 unspecified atom stereocenters. The first-order valence-electron chi connectivity index (χ1n) is 7.43. The molecule has 0 atom stereocenters. The molecular weight excluding hydrogens is 335 g/mol. The Morgan fingerprint density at radius 3 is 2.78 bits per heavy atom. The van der Waals surface area contributed by atoms with Crippen LogP contribution in [0.3, 0.4) is 0 Å². The number of benzene rings is 1. The molecule has 2 rings (SSSR count). The van der Waals surface area contributed by atoms with E-state index >= 15 is 0 Å². The molecule has 0 saturated heterocycles. The Balaban J connectivity index is 0.00000264. The Hall–Kier alpha value is -1.56. The summed E-state index contributed by atoms with van der Waals surface area (Å²) in [6.07, 6.45) is 2.67. The first-order chi connectivity index (χ1) is 10.6. The van der Waals surface area contributed by atoms with Gasteiger partial charge in [-0.15, -0.1) is 12.4 Å². The fourth-order valence-electron chi connectivity index (χ4n) is 2.16. The van der Waals surface area contributed by atoms with E-state index in [1.54, 1.807) is 16.9 Å². The minimum Gasteiger partial charge on any atom is -0.351 e. The second-order valence-electron chi connectivity index (χ2n) is 5.04. The molecule has 5 nitrogen and oxygen atoms in total. The fraction of sp³-hybridized carbons (Fsp3) is 0.375. The third-order valence-corrected chi connectivity index (χ3v) is 3.56. The monoisotopic (exact) mass is 356 g/mol. The number of aromatic nitrogens is 2. The lowest BCUT2D eigenvalue weighted by molar-refractivity contribution is 0.0953. The summed E-state index contributed by atoms with van der Waals surface area (Å²) in [6.45, 7) is 6.31. The van der Waals surface area contributed by atoms with E-state index in [0.717, 1.165) is 30.9 Å². The van der Waals surface area contributed by atoms with Crippen LogP contribution in [0, 0.1) is 6.92 Å². The molecule has 126 valence electrons. The van der Waals surface area contributed by atoms with Crippen LogP contribution in [0.25, 0.3) is 5.69 Å². The van der Waals surface area contributed by atoms with Crippen LogP contribution in [-0.4, -0.2) is 35.3 Å². The van der Waals surface area contributed by atoms with Gasteiger partial charge in [-0.1, -0.05) is 24.6 Å². The van der Waals surface area contributed by atoms with Gasteiger partial charge < -0.3 is 10.6 Å². The second-order valence-corrected chi connectivity index (χ2v) is 5.48. The van der Waals surface area contributed by atoms with Crippen LogP contribution in [-0.2, 0) is 0 Å². The predicted octanol–water partition coefficient (Wildman–Crippen LogP) is 2.99. The van der Waals surface area contributed by atoms with Crippen LogP contribution in [0.1, 0.15) is 29.4 Å². The molecule has 0 spiro atoms. The van der Waals surface area contributed by atoms with Crippen molar-refractivity contribution in [3.05, 3.63) is 46.7 Å². The molecule has 0 bridgehead atoms. The average Bonchev–Trinajstić information content (AvgIpc) is 2.88. The van der Waals surface area contributed by atoms with E-state index in [-0.39, 0.29) is 18.3 Å². The smallest absolute Gasteiger partial charge is 0.254 e. The Morgan fingerprint density at radius 1 is 1.30 bits per heavy atom. The summed E-state index contributed by atoms with van der Waals surface area (Å²) < 4.78 is 1.72. The van der Waals surface area contributed by atoms with Crippen LogP contribution in [0.15, 0.2) is 30.5 Å². The van der Waals surface area contributed by atoms with E-state index < -0.39 is 0 Å². The molecule has 1 amide bonds. The highest BCUT2D eigenvalue weighted by atomic mass is 35.5. The Bertz CT molecular complexity index is 643. The molecule has 0 aliphatic carbocycles. The van der Waals surface area contributed by atoms with Crippen molar-refractivity contribution in [1.82, 2.24) is 20.4 Å². The standard InChI is InChI=1S/C16H21ClN4O.ClH/c1-3-7-18-8-9-19-16(22)15-11-20-21(12(15)2)14-6-4-5-13(17)10-14;/h4-6,10-11,18H,3,7-9H2,1-2H3,(H,19,22);1H. The van der Waals surface area contributed by atoms with Gasteiger partial charge in [-0.3, -0.25) is 4.79 Å². The topological polar surface area (TPSA) is 58.9 Å². The number of hydrogen-bond acceptors (Lipinski definition) is 3. The third-order valence-electron chi connectivity index (χ3n) is 3.32. The zero-order chi connectivity index (χ0) is 15.9. The predicted molar refractivity (Wildman–Crippen MR) is 96.1 cm³/mol. The quantitative estimate of drug-likeness (QED) is 0.749. The Labute approximate surface area is 147 Å². The molecule has 0 aliphatic heterocycles. The summed E-state index contributed by atoms with van der Waals surface area (Å²) in [5.41, 5.74) is 2.21. The van der Waals surface area contributed by atoms with Crippen molar-refractivity contribution in [2.24, 2.45) is 0 Å². The van der Waals surface area contributed by atoms with Gasteiger partial charge in [0.25, 0.3) is 5.91 Å². The van der Waals surface area contributed by atoms with Crippen molar-refractivity contribution in [2.75, 3.05) is 19.6 Å². The van der Waals surface area contributed by atoms with E-state index in [9.17, 15) is 4.79 Å². The number of hydrogen-bond donors (Lipinski definition) is 2. The number of carbonyl (C=O) groups excluding carboxylic acids is 1. The van der Waals surface area contributed by atoms with Crippen molar-refractivity contribution in [3.8, 4) is 5.69 Å². The molecule has 1 aromatic heterocycles. The first kappa shape index (κ1) is 19.5. The summed E-state index contributed by atoms with van der Waals surface area (Å²) >= 11 is 6.00. The van der Waals surface area contributed by atoms with Gasteiger partial charge in [-0.2, -0.15) is 5.10 Å². The van der Waals surface area contributed by atoms with Gasteiger partial charge in [0.05, 0.1) is 23.1 Å². The van der Waals surface area contributed by atoms with E-state index in [0.29, 0.717) is 17.1 Å². The minimum atomic E-state index is -0.107. The minimum absolute atomic E-state index is 0. The average molecular weight is 357 g/mol. The van der Waals surface area contributed by atoms with E-state index in [1.807, 2.05) is 25.1 Å². The molecule has 0 fully saturated rings. The van der Waals surface area contributed by atoms with Gasteiger partial charge in [0.1, 0.15) is 0 Å². The highest BCUT2D eigenvalue weighted by Crippen LogP contribution is 2.17. The largest absolute Gasteiger partial charge is 0.351 e. The first-order valence-corrected chi connectivity index (χ1v) is 7.80. The van der Waals surface area contributed by atoms with Crippen LogP contribution in [0.5, 0.6) is 0 Å². The van der Waals surface area contributed by atoms with Crippen molar-refractivity contribution < 1.29 is 4.79 Å². The highest BCUT2D eigenvalue weighted by Gasteiger charge is 2.14. The van der Waals surface area contributed by atoms with E-state index in [4.69, 9.17) is 11.6 Å². The number of amides is 1. The molecule has 2 aromatic rings. The summed E-state index contributed by atoms with van der Waals surface area (Å²) in [5.74, 6) is -0.107. The van der Waals surface area contributed by atoms with Crippen molar-refractivity contribution in [2.45, 2.75) is 20.3 Å². The van der Waals surface area contributed by atoms with Crippen LogP contribution in [0.2, 0.25) is 5.02 Å². The highest BCUT2D eigenvalue weighted by molar-refractivity contribution is 6.30. The van der Waals surface area contributed by atoms with Gasteiger partial charge in [-0.25, -0.2) is 4.68 Å². The van der Waals surface area contributed by atoms with Gasteiger partial charge in [-0.05, 0) is 38.1 Å². The lowest BCUT2D eigenvalue weighted by Crippen LogP contribution is -2.32. The molecule has 0 saturated carbocycles. The lowest BCUT2D eigenvalue weighted by Gasteiger charge is -2.07. The molecule has 2 N–H and O–H groups in total. The second kappa shape index (κ2) is 9.55. The SMILES string of the molecule is CCCNCCNC(=O)c1cnn(-c2cccc(Cl)c2)c1C.Cl. The Kier molecular flexibility index (Phi) is 8.09. The molecule has 1 aromatic carbocycles. The maximum Gasteiger partial charge on any atom is 0.254 e. The number of carbonyl (C=O) groups is 1. The third kappa shape index (κ3) is 5.23. The van der Waals surface area contributed by atoms with Gasteiger partial charge >= 0.3 is 0 Å². The maximum atomic E-state index is 12.2. The molecule has 7 heteroatoms. The van der Waals surface area contributed by atoms with E-state index in [1.165, 1.54) is 0 Å². The van der Waals surface area contributed by atoms with Crippen molar-refractivity contribution in [3.63, 3.8) is 0 Å². The maximum absolute atomic E-state index is 12.2. The molecular formula is C16H22Cl2N4O. The summed E-state index contributed by atoms with van der Waals surface area (Å²) in [6, 6.07) is 7.39. The van der Waals surface area contributed by atoms with E-state index in [2.05, 4.69) is 22.7 Å². The number of rotatable bonds is 7. The zero-order valence-electron chi connectivity index (χ0n) is 13.3. The van der Waals surface area contributed by atoms with Gasteiger partial charge in [0.15, 0.2) is 0 Å². The summed E-state index contributed by atoms with van der Waals surface area (Å²) in [4.78, 5) is 12.2. The number of nitrogens with one attached hydrogen (secondary N) is 2. The van der Waals surface area contributed by atoms with Crippen molar-refractivity contribution >= 4 is 29.9 Å².